The fourth-order valence-electron chi connectivity index (χ4n) is 1.01. The number of rotatable bonds is 7. The maximum Gasteiger partial charge on any atom is 0.106 e. The summed E-state index contributed by atoms with van der Waals surface area (Å²) in [5, 5.41) is 21.1. The van der Waals surface area contributed by atoms with Gasteiger partial charge in [-0.15, -0.1) is 0 Å². The van der Waals surface area contributed by atoms with E-state index < -0.39 is 12.5 Å². The van der Waals surface area contributed by atoms with E-state index in [1.54, 1.807) is 0 Å². The second-order valence-corrected chi connectivity index (χ2v) is 3.10. The Labute approximate surface area is 74.8 Å². The molecule has 0 aromatic heterocycles. The minimum Gasteiger partial charge on any atom is -0.379 e. The van der Waals surface area contributed by atoms with Gasteiger partial charge in [0.15, 0.2) is 0 Å². The molecule has 3 heteroatoms. The molecule has 0 aromatic carbocycles. The maximum atomic E-state index is 9.31. The molecule has 0 bridgehead atoms. The van der Waals surface area contributed by atoms with E-state index >= 15 is 0 Å². The van der Waals surface area contributed by atoms with Crippen molar-refractivity contribution in [1.29, 1.82) is 0 Å². The second-order valence-electron chi connectivity index (χ2n) is 3.10. The number of aliphatic hydroxyl groups is 2. The summed E-state index contributed by atoms with van der Waals surface area (Å²) >= 11 is 0. The molecule has 0 fully saturated rings. The first-order valence-electron chi connectivity index (χ1n) is 4.82. The number of nitrogens with one attached hydrogen (secondary N) is 1. The molecule has 0 spiro atoms. The van der Waals surface area contributed by atoms with Gasteiger partial charge in [-0.05, 0) is 19.3 Å². The highest BCUT2D eigenvalue weighted by atomic mass is 16.3. The fourth-order valence-corrected chi connectivity index (χ4v) is 1.01. The van der Waals surface area contributed by atoms with Gasteiger partial charge in [-0.1, -0.05) is 26.7 Å². The van der Waals surface area contributed by atoms with Crippen molar-refractivity contribution in [2.24, 2.45) is 0 Å². The van der Waals surface area contributed by atoms with Crippen molar-refractivity contribution < 1.29 is 10.2 Å². The Bertz CT molecular complexity index is 98.5. The Kier molecular flexibility index (Phi) is 7.45. The van der Waals surface area contributed by atoms with Crippen LogP contribution in [0.3, 0.4) is 0 Å². The van der Waals surface area contributed by atoms with Crippen molar-refractivity contribution in [3.8, 4) is 0 Å². The molecule has 0 radical (unpaired) electrons. The minimum absolute atomic E-state index is 0.550. The lowest BCUT2D eigenvalue weighted by atomic mass is 10.2. The van der Waals surface area contributed by atoms with E-state index in [4.69, 9.17) is 5.11 Å². The van der Waals surface area contributed by atoms with Gasteiger partial charge in [-0.2, -0.15) is 0 Å². The summed E-state index contributed by atoms with van der Waals surface area (Å²) in [6.07, 6.45) is 3.55. The van der Waals surface area contributed by atoms with E-state index in [0.29, 0.717) is 6.42 Å². The third kappa shape index (κ3) is 6.58. The van der Waals surface area contributed by atoms with Gasteiger partial charge in [0.05, 0.1) is 0 Å². The Morgan fingerprint density at radius 2 is 1.75 bits per heavy atom. The molecule has 0 saturated heterocycles. The van der Waals surface area contributed by atoms with E-state index in [0.717, 1.165) is 25.7 Å². The number of unbranched alkanes of at least 4 members (excludes halogenated alkanes) is 2. The molecule has 0 amide bonds. The average Bonchev–Trinajstić information content (AvgIpc) is 2.05. The van der Waals surface area contributed by atoms with Gasteiger partial charge in [-0.25, -0.2) is 0 Å². The average molecular weight is 175 g/mol. The molecule has 2 unspecified atom stereocenters. The molecule has 74 valence electrons. The van der Waals surface area contributed by atoms with Crippen LogP contribution in [0.25, 0.3) is 0 Å². The van der Waals surface area contributed by atoms with Crippen molar-refractivity contribution in [3.63, 3.8) is 0 Å². The van der Waals surface area contributed by atoms with Crippen LogP contribution in [-0.2, 0) is 0 Å². The largest absolute Gasteiger partial charge is 0.379 e. The monoisotopic (exact) mass is 175 g/mol. The Hall–Kier alpha value is -0.120. The van der Waals surface area contributed by atoms with Crippen molar-refractivity contribution in [2.45, 2.75) is 58.4 Å². The zero-order valence-electron chi connectivity index (χ0n) is 8.08. The van der Waals surface area contributed by atoms with Gasteiger partial charge in [0.25, 0.3) is 0 Å². The van der Waals surface area contributed by atoms with Crippen LogP contribution in [0.4, 0.5) is 0 Å². The highest BCUT2D eigenvalue weighted by Crippen LogP contribution is 2.02. The van der Waals surface area contributed by atoms with Crippen LogP contribution in [0, 0.1) is 0 Å². The van der Waals surface area contributed by atoms with Crippen molar-refractivity contribution in [1.82, 2.24) is 5.32 Å². The highest BCUT2D eigenvalue weighted by Gasteiger charge is 2.06. The predicted molar refractivity (Wildman–Crippen MR) is 49.6 cm³/mol. The van der Waals surface area contributed by atoms with Gasteiger partial charge in [0.1, 0.15) is 12.5 Å². The summed E-state index contributed by atoms with van der Waals surface area (Å²) in [7, 11) is 0. The first-order chi connectivity index (χ1) is 5.70. The van der Waals surface area contributed by atoms with Crippen LogP contribution < -0.4 is 5.32 Å². The topological polar surface area (TPSA) is 52.5 Å². The first kappa shape index (κ1) is 11.9. The van der Waals surface area contributed by atoms with E-state index in [1.807, 2.05) is 6.92 Å². The van der Waals surface area contributed by atoms with Crippen molar-refractivity contribution in [2.75, 3.05) is 0 Å². The number of aliphatic hydroxyl groups excluding tert-OH is 2. The van der Waals surface area contributed by atoms with Crippen molar-refractivity contribution in [3.05, 3.63) is 0 Å². The molecular formula is C9H21NO2. The molecule has 3 N–H and O–H groups in total. The molecule has 0 heterocycles. The lowest BCUT2D eigenvalue weighted by molar-refractivity contribution is 0.0348. The molecule has 0 aliphatic rings. The third-order valence-electron chi connectivity index (χ3n) is 1.85. The molecule has 0 rings (SSSR count). The summed E-state index contributed by atoms with van der Waals surface area (Å²) < 4.78 is 0. The maximum absolute atomic E-state index is 9.31. The molecule has 0 aliphatic heterocycles. The van der Waals surface area contributed by atoms with Crippen LogP contribution in [0.15, 0.2) is 0 Å². The lowest BCUT2D eigenvalue weighted by Crippen LogP contribution is -2.37. The van der Waals surface area contributed by atoms with Crippen LogP contribution in [0.2, 0.25) is 0 Å². The third-order valence-corrected chi connectivity index (χ3v) is 1.85. The van der Waals surface area contributed by atoms with Gasteiger partial charge < -0.3 is 10.2 Å². The minimum atomic E-state index is -0.568. The second kappa shape index (κ2) is 7.53. The molecule has 12 heavy (non-hydrogen) atoms. The van der Waals surface area contributed by atoms with Crippen LogP contribution in [-0.4, -0.2) is 22.7 Å². The standard InChI is InChI=1S/C9H21NO2/c1-3-5-6-7-9(12)10-8(11)4-2/h8-12H,3-7H2,1-2H3. The van der Waals surface area contributed by atoms with E-state index in [2.05, 4.69) is 12.2 Å². The van der Waals surface area contributed by atoms with Gasteiger partial charge in [0.2, 0.25) is 0 Å². The van der Waals surface area contributed by atoms with E-state index in [9.17, 15) is 5.11 Å². The summed E-state index contributed by atoms with van der Waals surface area (Å²) in [4.78, 5) is 0. The normalized spacial score (nSPS) is 16.0. The molecule has 0 saturated carbocycles. The molecule has 0 aromatic rings. The SMILES string of the molecule is CCCCCC(O)NC(O)CC. The van der Waals surface area contributed by atoms with E-state index in [1.165, 1.54) is 0 Å². The lowest BCUT2D eigenvalue weighted by Gasteiger charge is -2.16. The van der Waals surface area contributed by atoms with Gasteiger partial charge in [0, 0.05) is 0 Å². The number of hydrogen-bond donors (Lipinski definition) is 3. The van der Waals surface area contributed by atoms with E-state index in [-0.39, 0.29) is 0 Å². The summed E-state index contributed by atoms with van der Waals surface area (Å²) in [5.41, 5.74) is 0. The van der Waals surface area contributed by atoms with Crippen molar-refractivity contribution >= 4 is 0 Å². The van der Waals surface area contributed by atoms with Crippen LogP contribution in [0.1, 0.15) is 46.0 Å². The van der Waals surface area contributed by atoms with Crippen LogP contribution in [0.5, 0.6) is 0 Å². The first-order valence-corrected chi connectivity index (χ1v) is 4.82. The Morgan fingerprint density at radius 1 is 1.08 bits per heavy atom. The zero-order chi connectivity index (χ0) is 9.40. The molecule has 0 aliphatic carbocycles. The predicted octanol–water partition coefficient (Wildman–Crippen LogP) is 1.20. The molecule has 3 nitrogen and oxygen atoms in total. The quantitative estimate of drug-likeness (QED) is 0.402. The highest BCUT2D eigenvalue weighted by molar-refractivity contribution is 4.56. The van der Waals surface area contributed by atoms with Gasteiger partial charge in [-0.3, -0.25) is 5.32 Å². The Balaban J connectivity index is 3.26. The summed E-state index contributed by atoms with van der Waals surface area (Å²) in [5.74, 6) is 0. The summed E-state index contributed by atoms with van der Waals surface area (Å²) in [6, 6.07) is 0. The molecule has 2 atom stereocenters. The smallest absolute Gasteiger partial charge is 0.106 e. The molecular weight excluding hydrogens is 154 g/mol. The van der Waals surface area contributed by atoms with Crippen LogP contribution >= 0.6 is 0 Å². The fraction of sp³-hybridized carbons (Fsp3) is 1.00. The summed E-state index contributed by atoms with van der Waals surface area (Å²) in [6.45, 7) is 4.00. The number of hydrogen-bond acceptors (Lipinski definition) is 3. The van der Waals surface area contributed by atoms with Gasteiger partial charge >= 0.3 is 0 Å². The Morgan fingerprint density at radius 3 is 2.25 bits per heavy atom. The zero-order valence-corrected chi connectivity index (χ0v) is 8.08.